The van der Waals surface area contributed by atoms with Crippen LogP contribution in [0.2, 0.25) is 0 Å². The molecule has 1 rings (SSSR count). The highest BCUT2D eigenvalue weighted by molar-refractivity contribution is 5.93. The summed E-state index contributed by atoms with van der Waals surface area (Å²) in [7, 11) is 0. The zero-order valence-corrected chi connectivity index (χ0v) is 9.77. The number of carbonyl (C=O) groups is 1. The number of rotatable bonds is 3. The quantitative estimate of drug-likeness (QED) is 0.787. The van der Waals surface area contributed by atoms with Crippen LogP contribution >= 0.6 is 0 Å². The van der Waals surface area contributed by atoms with Crippen LogP contribution in [-0.4, -0.2) is 33.9 Å². The Morgan fingerprint density at radius 2 is 2.19 bits per heavy atom. The van der Waals surface area contributed by atoms with Gasteiger partial charge in [-0.25, -0.2) is 0 Å². The lowest BCUT2D eigenvalue weighted by Crippen LogP contribution is -2.39. The minimum atomic E-state index is -0.578. The molecule has 1 heterocycles. The van der Waals surface area contributed by atoms with E-state index >= 15 is 0 Å². The molecular weight excluding hydrogens is 206 g/mol. The smallest absolute Gasteiger partial charge is 0.253 e. The van der Waals surface area contributed by atoms with Crippen molar-refractivity contribution in [1.29, 1.82) is 0 Å². The number of aliphatic hydroxyl groups is 1. The van der Waals surface area contributed by atoms with Crippen LogP contribution in [-0.2, 0) is 0 Å². The van der Waals surface area contributed by atoms with Crippen molar-refractivity contribution in [2.75, 3.05) is 6.54 Å². The lowest BCUT2D eigenvalue weighted by Gasteiger charge is -2.25. The lowest BCUT2D eigenvalue weighted by atomic mass is 9.89. The molecule has 1 aromatic heterocycles. The van der Waals surface area contributed by atoms with E-state index in [1.807, 2.05) is 20.8 Å². The maximum atomic E-state index is 11.6. The van der Waals surface area contributed by atoms with E-state index in [-0.39, 0.29) is 17.9 Å². The van der Waals surface area contributed by atoms with Gasteiger partial charge in [-0.15, -0.1) is 0 Å². The molecule has 0 fully saturated rings. The van der Waals surface area contributed by atoms with Crippen LogP contribution in [0.25, 0.3) is 0 Å². The minimum absolute atomic E-state index is 0.227. The second kappa shape index (κ2) is 5.03. The molecule has 1 amide bonds. The van der Waals surface area contributed by atoms with E-state index in [1.165, 1.54) is 12.4 Å². The topological polar surface area (TPSA) is 75.1 Å². The summed E-state index contributed by atoms with van der Waals surface area (Å²) in [6.07, 6.45) is 2.26. The number of carbonyl (C=O) groups excluding carboxylic acids is 1. The number of aromatic nitrogens is 2. The average Bonchev–Trinajstić information content (AvgIpc) is 2.25. The SMILES string of the molecule is CC(C)(C)C(O)CNC(=O)c1ccnnc1. The molecule has 0 aliphatic rings. The Hall–Kier alpha value is -1.49. The Bertz CT molecular complexity index is 346. The normalized spacial score (nSPS) is 13.2. The number of aliphatic hydroxyl groups excluding tert-OH is 1. The Labute approximate surface area is 94.9 Å². The molecule has 0 aromatic carbocycles. The largest absolute Gasteiger partial charge is 0.391 e. The second-order valence-corrected chi connectivity index (χ2v) is 4.72. The molecule has 5 heteroatoms. The van der Waals surface area contributed by atoms with Crippen LogP contribution in [0, 0.1) is 5.41 Å². The van der Waals surface area contributed by atoms with Crippen molar-refractivity contribution in [3.63, 3.8) is 0 Å². The Morgan fingerprint density at radius 1 is 1.50 bits per heavy atom. The van der Waals surface area contributed by atoms with Gasteiger partial charge in [-0.3, -0.25) is 4.79 Å². The maximum absolute atomic E-state index is 11.6. The van der Waals surface area contributed by atoms with Crippen LogP contribution in [0.5, 0.6) is 0 Å². The number of hydrogen-bond acceptors (Lipinski definition) is 4. The van der Waals surface area contributed by atoms with Crippen molar-refractivity contribution >= 4 is 5.91 Å². The van der Waals surface area contributed by atoms with Gasteiger partial charge >= 0.3 is 0 Å². The van der Waals surface area contributed by atoms with E-state index in [1.54, 1.807) is 6.07 Å². The van der Waals surface area contributed by atoms with Crippen molar-refractivity contribution in [3.05, 3.63) is 24.0 Å². The van der Waals surface area contributed by atoms with Gasteiger partial charge in [-0.2, -0.15) is 10.2 Å². The molecule has 0 spiro atoms. The lowest BCUT2D eigenvalue weighted by molar-refractivity contribution is 0.0586. The van der Waals surface area contributed by atoms with Crippen LogP contribution in [0.15, 0.2) is 18.5 Å². The standard InChI is InChI=1S/C11H17N3O2/c1-11(2,3)9(15)7-12-10(16)8-4-5-13-14-6-8/h4-6,9,15H,7H2,1-3H3,(H,12,16). The fourth-order valence-corrected chi connectivity index (χ4v) is 1.02. The van der Waals surface area contributed by atoms with Crippen LogP contribution in [0.3, 0.4) is 0 Å². The summed E-state index contributed by atoms with van der Waals surface area (Å²) in [5, 5.41) is 19.6. The van der Waals surface area contributed by atoms with Gasteiger partial charge in [0, 0.05) is 6.54 Å². The number of hydrogen-bond donors (Lipinski definition) is 2. The predicted octanol–water partition coefficient (Wildman–Crippen LogP) is 0.613. The highest BCUT2D eigenvalue weighted by Crippen LogP contribution is 2.18. The number of nitrogens with one attached hydrogen (secondary N) is 1. The zero-order chi connectivity index (χ0) is 12.2. The predicted molar refractivity (Wildman–Crippen MR) is 59.8 cm³/mol. The molecule has 1 atom stereocenters. The summed E-state index contributed by atoms with van der Waals surface area (Å²) in [6, 6.07) is 1.58. The third kappa shape index (κ3) is 3.58. The van der Waals surface area contributed by atoms with Crippen LogP contribution in [0.4, 0.5) is 0 Å². The first-order valence-electron chi connectivity index (χ1n) is 5.14. The first-order chi connectivity index (χ1) is 7.41. The van der Waals surface area contributed by atoms with E-state index < -0.39 is 6.10 Å². The Kier molecular flexibility index (Phi) is 3.95. The molecular formula is C11H17N3O2. The zero-order valence-electron chi connectivity index (χ0n) is 9.77. The highest BCUT2D eigenvalue weighted by Gasteiger charge is 2.22. The molecule has 0 aliphatic heterocycles. The summed E-state index contributed by atoms with van der Waals surface area (Å²) < 4.78 is 0. The van der Waals surface area contributed by atoms with Crippen LogP contribution < -0.4 is 5.32 Å². The molecule has 2 N–H and O–H groups in total. The summed E-state index contributed by atoms with van der Waals surface area (Å²) in [4.78, 5) is 11.6. The monoisotopic (exact) mass is 223 g/mol. The van der Waals surface area contributed by atoms with Crippen molar-refractivity contribution in [2.24, 2.45) is 5.41 Å². The summed E-state index contributed by atoms with van der Waals surface area (Å²) >= 11 is 0. The second-order valence-electron chi connectivity index (χ2n) is 4.72. The molecule has 0 bridgehead atoms. The van der Waals surface area contributed by atoms with Gasteiger partial charge in [-0.05, 0) is 11.5 Å². The van der Waals surface area contributed by atoms with E-state index in [9.17, 15) is 9.90 Å². The van der Waals surface area contributed by atoms with Gasteiger partial charge < -0.3 is 10.4 Å². The van der Waals surface area contributed by atoms with Crippen LogP contribution in [0.1, 0.15) is 31.1 Å². The Morgan fingerprint density at radius 3 is 2.69 bits per heavy atom. The highest BCUT2D eigenvalue weighted by atomic mass is 16.3. The van der Waals surface area contributed by atoms with Gasteiger partial charge in [0.1, 0.15) is 0 Å². The van der Waals surface area contributed by atoms with Crippen molar-refractivity contribution in [1.82, 2.24) is 15.5 Å². The molecule has 0 saturated carbocycles. The molecule has 0 saturated heterocycles. The fourth-order valence-electron chi connectivity index (χ4n) is 1.02. The maximum Gasteiger partial charge on any atom is 0.253 e. The van der Waals surface area contributed by atoms with Gasteiger partial charge in [0.05, 0.1) is 24.1 Å². The number of amides is 1. The van der Waals surface area contributed by atoms with Gasteiger partial charge in [-0.1, -0.05) is 20.8 Å². The van der Waals surface area contributed by atoms with E-state index in [0.717, 1.165) is 0 Å². The Balaban J connectivity index is 2.48. The molecule has 1 aromatic rings. The summed E-state index contributed by atoms with van der Waals surface area (Å²) in [5.41, 5.74) is 0.195. The third-order valence-corrected chi connectivity index (χ3v) is 2.30. The van der Waals surface area contributed by atoms with Crippen molar-refractivity contribution in [2.45, 2.75) is 26.9 Å². The van der Waals surface area contributed by atoms with E-state index in [4.69, 9.17) is 0 Å². The average molecular weight is 223 g/mol. The fraction of sp³-hybridized carbons (Fsp3) is 0.545. The van der Waals surface area contributed by atoms with Gasteiger partial charge in [0.15, 0.2) is 0 Å². The molecule has 88 valence electrons. The van der Waals surface area contributed by atoms with E-state index in [0.29, 0.717) is 5.56 Å². The molecule has 1 unspecified atom stereocenters. The van der Waals surface area contributed by atoms with Gasteiger partial charge in [0.2, 0.25) is 0 Å². The summed E-state index contributed by atoms with van der Waals surface area (Å²) in [5.74, 6) is -0.252. The third-order valence-electron chi connectivity index (χ3n) is 2.30. The molecule has 5 nitrogen and oxygen atoms in total. The summed E-state index contributed by atoms with van der Waals surface area (Å²) in [6.45, 7) is 5.97. The van der Waals surface area contributed by atoms with E-state index in [2.05, 4.69) is 15.5 Å². The molecule has 0 radical (unpaired) electrons. The van der Waals surface area contributed by atoms with Crippen molar-refractivity contribution < 1.29 is 9.90 Å². The van der Waals surface area contributed by atoms with Gasteiger partial charge in [0.25, 0.3) is 5.91 Å². The van der Waals surface area contributed by atoms with Crippen molar-refractivity contribution in [3.8, 4) is 0 Å². The first kappa shape index (κ1) is 12.6. The number of nitrogens with zero attached hydrogens (tertiary/aromatic N) is 2. The first-order valence-corrected chi connectivity index (χ1v) is 5.14. The molecule has 0 aliphatic carbocycles. The minimum Gasteiger partial charge on any atom is -0.391 e. The molecule has 16 heavy (non-hydrogen) atoms.